The van der Waals surface area contributed by atoms with Crippen LogP contribution in [0.1, 0.15) is 23.2 Å². The monoisotopic (exact) mass is 380 g/mol. The van der Waals surface area contributed by atoms with Gasteiger partial charge < -0.3 is 4.98 Å². The molecule has 1 atom stereocenters. The molecule has 4 rings (SSSR count). The van der Waals surface area contributed by atoms with E-state index in [2.05, 4.69) is 34.8 Å². The van der Waals surface area contributed by atoms with Crippen LogP contribution in [0.4, 0.5) is 0 Å². The Morgan fingerprint density at radius 2 is 2.12 bits per heavy atom. The highest BCUT2D eigenvalue weighted by Gasteiger charge is 2.27. The van der Waals surface area contributed by atoms with Crippen LogP contribution in [0, 0.1) is 6.92 Å². The molecule has 0 fully saturated rings. The lowest BCUT2D eigenvalue weighted by atomic mass is 9.92. The van der Waals surface area contributed by atoms with Crippen molar-refractivity contribution in [1.29, 1.82) is 0 Å². The second-order valence-electron chi connectivity index (χ2n) is 6.25. The fourth-order valence-electron chi connectivity index (χ4n) is 3.35. The summed E-state index contributed by atoms with van der Waals surface area (Å²) in [6.07, 6.45) is 2.34. The molecule has 0 spiro atoms. The second kappa shape index (κ2) is 5.88. The third-order valence-corrected chi connectivity index (χ3v) is 7.72. The van der Waals surface area contributed by atoms with E-state index in [4.69, 9.17) is 11.6 Å². The van der Waals surface area contributed by atoms with E-state index in [1.54, 1.807) is 12.1 Å². The van der Waals surface area contributed by atoms with Gasteiger partial charge in [0.05, 0.1) is 4.34 Å². The summed E-state index contributed by atoms with van der Waals surface area (Å²) in [7, 11) is -3.51. The Bertz CT molecular complexity index is 1020. The van der Waals surface area contributed by atoms with E-state index >= 15 is 0 Å². The SMILES string of the molecule is Cc1ccc2[nH]c3c(c2c1)CC(NS(=O)(=O)c1ccc(Cl)s1)CC3. The average Bonchev–Trinajstić information content (AvgIpc) is 3.11. The van der Waals surface area contributed by atoms with Crippen molar-refractivity contribution in [2.24, 2.45) is 0 Å². The van der Waals surface area contributed by atoms with Gasteiger partial charge in [0.1, 0.15) is 4.21 Å². The zero-order valence-electron chi connectivity index (χ0n) is 13.1. The number of fused-ring (bicyclic) bond motifs is 3. The minimum absolute atomic E-state index is 0.0945. The van der Waals surface area contributed by atoms with E-state index in [0.29, 0.717) is 10.8 Å². The van der Waals surface area contributed by atoms with Gasteiger partial charge in [-0.15, -0.1) is 11.3 Å². The molecule has 1 aliphatic rings. The fourth-order valence-corrected chi connectivity index (χ4v) is 6.12. The smallest absolute Gasteiger partial charge is 0.250 e. The van der Waals surface area contributed by atoms with E-state index in [9.17, 15) is 8.42 Å². The first-order chi connectivity index (χ1) is 11.4. The van der Waals surface area contributed by atoms with Crippen molar-refractivity contribution in [3.8, 4) is 0 Å². The van der Waals surface area contributed by atoms with Gasteiger partial charge >= 0.3 is 0 Å². The van der Waals surface area contributed by atoms with Crippen LogP contribution in [0.5, 0.6) is 0 Å². The molecule has 0 bridgehead atoms. The first-order valence-electron chi connectivity index (χ1n) is 7.80. The molecule has 24 heavy (non-hydrogen) atoms. The Hall–Kier alpha value is -1.34. The Labute approximate surface area is 149 Å². The molecule has 7 heteroatoms. The molecule has 1 aliphatic carbocycles. The number of aryl methyl sites for hydroxylation is 2. The van der Waals surface area contributed by atoms with E-state index in [0.717, 1.165) is 29.7 Å². The predicted molar refractivity (Wildman–Crippen MR) is 98.5 cm³/mol. The minimum Gasteiger partial charge on any atom is -0.358 e. The standard InChI is InChI=1S/C17H17ClN2O2S2/c1-10-2-4-14-12(8-10)13-9-11(3-5-15(13)19-14)20-24(21,22)17-7-6-16(18)23-17/h2,4,6-8,11,19-20H,3,5,9H2,1H3. The van der Waals surface area contributed by atoms with Crippen LogP contribution in [0.15, 0.2) is 34.5 Å². The van der Waals surface area contributed by atoms with Crippen molar-refractivity contribution in [3.63, 3.8) is 0 Å². The first kappa shape index (κ1) is 16.1. The highest BCUT2D eigenvalue weighted by Crippen LogP contribution is 2.31. The van der Waals surface area contributed by atoms with Crippen molar-refractivity contribution in [1.82, 2.24) is 9.71 Å². The summed E-state index contributed by atoms with van der Waals surface area (Å²) in [4.78, 5) is 3.47. The maximum absolute atomic E-state index is 12.5. The number of sulfonamides is 1. The van der Waals surface area contributed by atoms with E-state index in [1.807, 2.05) is 0 Å². The largest absolute Gasteiger partial charge is 0.358 e. The molecule has 0 amide bonds. The maximum atomic E-state index is 12.5. The van der Waals surface area contributed by atoms with Crippen LogP contribution < -0.4 is 4.72 Å². The second-order valence-corrected chi connectivity index (χ2v) is 9.91. The lowest BCUT2D eigenvalue weighted by Crippen LogP contribution is -2.38. The molecule has 2 aromatic heterocycles. The van der Waals surface area contributed by atoms with Gasteiger partial charge in [-0.3, -0.25) is 0 Å². The van der Waals surface area contributed by atoms with Gasteiger partial charge in [0.2, 0.25) is 10.0 Å². The van der Waals surface area contributed by atoms with Crippen LogP contribution in [0.25, 0.3) is 10.9 Å². The number of aromatic nitrogens is 1. The molecule has 0 radical (unpaired) electrons. The van der Waals surface area contributed by atoms with Gasteiger partial charge in [-0.2, -0.15) is 0 Å². The van der Waals surface area contributed by atoms with Gasteiger partial charge in [-0.25, -0.2) is 13.1 Å². The van der Waals surface area contributed by atoms with Crippen LogP contribution >= 0.6 is 22.9 Å². The van der Waals surface area contributed by atoms with Gasteiger partial charge in [0.15, 0.2) is 0 Å². The van der Waals surface area contributed by atoms with Crippen LogP contribution in [-0.2, 0) is 22.9 Å². The summed E-state index contributed by atoms with van der Waals surface area (Å²) in [5.74, 6) is 0. The quantitative estimate of drug-likeness (QED) is 0.720. The summed E-state index contributed by atoms with van der Waals surface area (Å²) >= 11 is 6.95. The van der Waals surface area contributed by atoms with E-state index in [-0.39, 0.29) is 10.3 Å². The number of rotatable bonds is 3. The lowest BCUT2D eigenvalue weighted by Gasteiger charge is -2.23. The van der Waals surface area contributed by atoms with Crippen molar-refractivity contribution in [2.75, 3.05) is 0 Å². The number of benzene rings is 1. The number of thiophene rings is 1. The van der Waals surface area contributed by atoms with Gasteiger partial charge in [0.25, 0.3) is 0 Å². The van der Waals surface area contributed by atoms with Crippen molar-refractivity contribution >= 4 is 43.9 Å². The molecule has 2 heterocycles. The molecule has 0 aliphatic heterocycles. The topological polar surface area (TPSA) is 62.0 Å². The van der Waals surface area contributed by atoms with E-state index < -0.39 is 10.0 Å². The van der Waals surface area contributed by atoms with Crippen molar-refractivity contribution < 1.29 is 8.42 Å². The Balaban J connectivity index is 1.62. The maximum Gasteiger partial charge on any atom is 0.250 e. The summed E-state index contributed by atoms with van der Waals surface area (Å²) in [5, 5.41) is 1.20. The van der Waals surface area contributed by atoms with Gasteiger partial charge in [-0.05, 0) is 56.0 Å². The minimum atomic E-state index is -3.51. The number of aromatic amines is 1. The van der Waals surface area contributed by atoms with Crippen LogP contribution in [0.2, 0.25) is 4.34 Å². The number of hydrogen-bond acceptors (Lipinski definition) is 3. The zero-order chi connectivity index (χ0) is 16.9. The Morgan fingerprint density at radius 1 is 1.29 bits per heavy atom. The number of H-pyrrole nitrogens is 1. The highest BCUT2D eigenvalue weighted by molar-refractivity contribution is 7.91. The molecule has 3 aromatic rings. The first-order valence-corrected chi connectivity index (χ1v) is 10.5. The van der Waals surface area contributed by atoms with Crippen molar-refractivity contribution in [3.05, 3.63) is 51.5 Å². The number of hydrogen-bond donors (Lipinski definition) is 2. The van der Waals surface area contributed by atoms with Gasteiger partial charge in [-0.1, -0.05) is 23.2 Å². The van der Waals surface area contributed by atoms with Gasteiger partial charge in [0, 0.05) is 22.6 Å². The molecule has 1 unspecified atom stereocenters. The number of halogens is 1. The summed E-state index contributed by atoms with van der Waals surface area (Å²) in [6.45, 7) is 2.07. The summed E-state index contributed by atoms with van der Waals surface area (Å²) < 4.78 is 28.6. The molecule has 126 valence electrons. The molecule has 0 saturated heterocycles. The fraction of sp³-hybridized carbons (Fsp3) is 0.294. The van der Waals surface area contributed by atoms with E-state index in [1.165, 1.54) is 22.2 Å². The molecular weight excluding hydrogens is 364 g/mol. The normalized spacial score (nSPS) is 18.0. The molecule has 1 aromatic carbocycles. The third-order valence-electron chi connectivity index (χ3n) is 4.48. The Kier molecular flexibility index (Phi) is 3.95. The lowest BCUT2D eigenvalue weighted by molar-refractivity contribution is 0.507. The van der Waals surface area contributed by atoms with Crippen molar-refractivity contribution in [2.45, 2.75) is 36.4 Å². The predicted octanol–water partition coefficient (Wildman–Crippen LogP) is 4.03. The van der Waals surface area contributed by atoms with Crippen LogP contribution in [0.3, 0.4) is 0 Å². The summed E-state index contributed by atoms with van der Waals surface area (Å²) in [6, 6.07) is 9.42. The summed E-state index contributed by atoms with van der Waals surface area (Å²) in [5.41, 5.74) is 4.79. The van der Waals surface area contributed by atoms with Crippen LogP contribution in [-0.4, -0.2) is 19.4 Å². The third kappa shape index (κ3) is 2.88. The molecular formula is C17H17ClN2O2S2. The molecule has 4 nitrogen and oxygen atoms in total. The number of nitrogens with one attached hydrogen (secondary N) is 2. The molecule has 2 N–H and O–H groups in total. The average molecular weight is 381 g/mol. The zero-order valence-corrected chi connectivity index (χ0v) is 15.5. The molecule has 0 saturated carbocycles. The highest BCUT2D eigenvalue weighted by atomic mass is 35.5. The Morgan fingerprint density at radius 3 is 2.88 bits per heavy atom.